The highest BCUT2D eigenvalue weighted by atomic mass is 32.2. The SMILES string of the molecule is Cc1conc1[C@]12CC1CN(C(=O)c1cc(S(C)(=O)=O)ccc1O[C@H](C)C(F)(F)F)C2. The largest absolute Gasteiger partial charge is 0.480 e. The fourth-order valence-electron chi connectivity index (χ4n) is 4.21. The van der Waals surface area contributed by atoms with Gasteiger partial charge in [-0.05, 0) is 44.4 Å². The monoisotopic (exact) mass is 458 g/mol. The molecule has 31 heavy (non-hydrogen) atoms. The number of sulfone groups is 1. The van der Waals surface area contributed by atoms with Crippen LogP contribution in [0.3, 0.4) is 0 Å². The molecule has 2 heterocycles. The number of amides is 1. The van der Waals surface area contributed by atoms with Gasteiger partial charge >= 0.3 is 6.18 Å². The van der Waals surface area contributed by atoms with Crippen molar-refractivity contribution in [2.24, 2.45) is 5.92 Å². The van der Waals surface area contributed by atoms with Gasteiger partial charge in [-0.1, -0.05) is 5.16 Å². The maximum absolute atomic E-state index is 13.3. The number of carbonyl (C=O) groups excluding carboxylic acids is 1. The van der Waals surface area contributed by atoms with Crippen LogP contribution in [0.1, 0.15) is 35.0 Å². The summed E-state index contributed by atoms with van der Waals surface area (Å²) in [4.78, 5) is 14.6. The van der Waals surface area contributed by atoms with Crippen LogP contribution >= 0.6 is 0 Å². The molecule has 1 saturated carbocycles. The summed E-state index contributed by atoms with van der Waals surface area (Å²) in [6.07, 6.45) is -3.48. The molecular weight excluding hydrogens is 437 g/mol. The number of likely N-dealkylation sites (tertiary alicyclic amines) is 1. The van der Waals surface area contributed by atoms with Crippen LogP contribution in [0.4, 0.5) is 13.2 Å². The van der Waals surface area contributed by atoms with E-state index in [-0.39, 0.29) is 27.5 Å². The lowest BCUT2D eigenvalue weighted by Crippen LogP contribution is -2.35. The summed E-state index contributed by atoms with van der Waals surface area (Å²) in [6.45, 7) is 3.40. The zero-order valence-electron chi connectivity index (χ0n) is 17.1. The van der Waals surface area contributed by atoms with E-state index in [1.807, 2.05) is 6.92 Å². The second-order valence-electron chi connectivity index (χ2n) is 8.32. The van der Waals surface area contributed by atoms with E-state index in [1.54, 1.807) is 0 Å². The number of aryl methyl sites for hydroxylation is 1. The Morgan fingerprint density at radius 3 is 2.68 bits per heavy atom. The van der Waals surface area contributed by atoms with Crippen LogP contribution < -0.4 is 4.74 Å². The molecule has 1 saturated heterocycles. The van der Waals surface area contributed by atoms with E-state index in [9.17, 15) is 26.4 Å². The highest BCUT2D eigenvalue weighted by molar-refractivity contribution is 7.90. The summed E-state index contributed by atoms with van der Waals surface area (Å²) < 4.78 is 73.0. The molecule has 1 aromatic heterocycles. The van der Waals surface area contributed by atoms with Crippen LogP contribution in [-0.2, 0) is 15.3 Å². The van der Waals surface area contributed by atoms with E-state index in [0.29, 0.717) is 13.1 Å². The van der Waals surface area contributed by atoms with Crippen molar-refractivity contribution in [3.63, 3.8) is 0 Å². The number of halogens is 3. The Morgan fingerprint density at radius 2 is 2.10 bits per heavy atom. The summed E-state index contributed by atoms with van der Waals surface area (Å²) in [5.74, 6) is -0.728. The minimum atomic E-state index is -4.64. The standard InChI is InChI=1S/C20H21F3N2O5S/c1-11-9-29-24-17(11)19-7-13(19)8-25(10-19)18(26)15-6-14(31(3,27)28)4-5-16(15)30-12(2)20(21,22)23/h4-6,9,12-13H,7-8,10H2,1-3H3/t12-,13?,19+/m1/s1. The van der Waals surface area contributed by atoms with Gasteiger partial charge in [-0.25, -0.2) is 8.42 Å². The molecule has 0 N–H and O–H groups in total. The topological polar surface area (TPSA) is 89.7 Å². The van der Waals surface area contributed by atoms with Crippen LogP contribution in [0.15, 0.2) is 33.9 Å². The summed E-state index contributed by atoms with van der Waals surface area (Å²) in [6, 6.07) is 3.31. The Morgan fingerprint density at radius 1 is 1.39 bits per heavy atom. The number of hydrogen-bond acceptors (Lipinski definition) is 6. The molecule has 2 aliphatic rings. The highest BCUT2D eigenvalue weighted by Gasteiger charge is 2.64. The van der Waals surface area contributed by atoms with Crippen molar-refractivity contribution >= 4 is 15.7 Å². The fraction of sp³-hybridized carbons (Fsp3) is 0.500. The third-order valence-corrected chi connectivity index (χ3v) is 7.14. The third kappa shape index (κ3) is 3.79. The maximum Gasteiger partial charge on any atom is 0.425 e. The molecular formula is C20H21F3N2O5S. The molecule has 1 aliphatic heterocycles. The Kier molecular flexibility index (Phi) is 4.87. The van der Waals surface area contributed by atoms with Crippen molar-refractivity contribution < 1.29 is 35.6 Å². The molecule has 3 atom stereocenters. The lowest BCUT2D eigenvalue weighted by molar-refractivity contribution is -0.189. The average Bonchev–Trinajstić information content (AvgIpc) is 2.98. The van der Waals surface area contributed by atoms with Crippen molar-refractivity contribution in [1.82, 2.24) is 10.1 Å². The zero-order valence-corrected chi connectivity index (χ0v) is 17.9. The Hall–Kier alpha value is -2.56. The zero-order chi connectivity index (χ0) is 22.8. The van der Waals surface area contributed by atoms with Crippen molar-refractivity contribution in [3.05, 3.63) is 41.3 Å². The summed E-state index contributed by atoms with van der Waals surface area (Å²) in [5, 5.41) is 4.07. The molecule has 2 aromatic rings. The molecule has 2 fully saturated rings. The van der Waals surface area contributed by atoms with Gasteiger partial charge in [0.2, 0.25) is 0 Å². The van der Waals surface area contributed by atoms with Gasteiger partial charge in [-0.2, -0.15) is 13.2 Å². The van der Waals surface area contributed by atoms with Crippen molar-refractivity contribution in [1.29, 1.82) is 0 Å². The second kappa shape index (κ2) is 6.98. The fourth-order valence-corrected chi connectivity index (χ4v) is 4.86. The molecule has 1 aliphatic carbocycles. The smallest absolute Gasteiger partial charge is 0.425 e. The number of aromatic nitrogens is 1. The van der Waals surface area contributed by atoms with Gasteiger partial charge in [0.05, 0.1) is 16.2 Å². The van der Waals surface area contributed by atoms with E-state index in [4.69, 9.17) is 9.26 Å². The van der Waals surface area contributed by atoms with Crippen molar-refractivity contribution in [2.75, 3.05) is 19.3 Å². The molecule has 0 radical (unpaired) electrons. The average molecular weight is 458 g/mol. The first-order valence-corrected chi connectivity index (χ1v) is 11.5. The van der Waals surface area contributed by atoms with Gasteiger partial charge in [0.1, 0.15) is 12.0 Å². The number of carbonyl (C=O) groups is 1. The van der Waals surface area contributed by atoms with Crippen LogP contribution in [0, 0.1) is 12.8 Å². The number of nitrogens with zero attached hydrogens (tertiary/aromatic N) is 2. The third-order valence-electron chi connectivity index (χ3n) is 6.03. The van der Waals surface area contributed by atoms with E-state index >= 15 is 0 Å². The quantitative estimate of drug-likeness (QED) is 0.684. The van der Waals surface area contributed by atoms with Crippen LogP contribution in [-0.4, -0.2) is 56.0 Å². The minimum absolute atomic E-state index is 0.164. The van der Waals surface area contributed by atoms with E-state index in [0.717, 1.165) is 49.1 Å². The molecule has 1 unspecified atom stereocenters. The van der Waals surface area contributed by atoms with Gasteiger partial charge < -0.3 is 14.2 Å². The van der Waals surface area contributed by atoms with Gasteiger partial charge in [-0.15, -0.1) is 0 Å². The maximum atomic E-state index is 13.3. The summed E-state index contributed by atoms with van der Waals surface area (Å²) in [5.41, 5.74) is 1.10. The number of fused-ring (bicyclic) bond motifs is 1. The first-order chi connectivity index (χ1) is 14.3. The van der Waals surface area contributed by atoms with Crippen LogP contribution in [0.5, 0.6) is 5.75 Å². The Balaban J connectivity index is 1.66. The lowest BCUT2D eigenvalue weighted by atomic mass is 9.98. The van der Waals surface area contributed by atoms with E-state index in [2.05, 4.69) is 5.16 Å². The normalized spacial score (nSPS) is 24.1. The Bertz CT molecular complexity index is 1140. The minimum Gasteiger partial charge on any atom is -0.480 e. The number of alkyl halides is 3. The van der Waals surface area contributed by atoms with Crippen LogP contribution in [0.25, 0.3) is 0 Å². The second-order valence-corrected chi connectivity index (χ2v) is 10.3. The van der Waals surface area contributed by atoms with Crippen LogP contribution in [0.2, 0.25) is 0 Å². The van der Waals surface area contributed by atoms with Gasteiger partial charge in [-0.3, -0.25) is 4.79 Å². The van der Waals surface area contributed by atoms with E-state index < -0.39 is 28.0 Å². The van der Waals surface area contributed by atoms with Gasteiger partial charge in [0.15, 0.2) is 15.9 Å². The number of piperidine rings is 1. The predicted octanol–water partition coefficient (Wildman–Crippen LogP) is 3.13. The van der Waals surface area contributed by atoms with Crippen molar-refractivity contribution in [3.8, 4) is 5.75 Å². The van der Waals surface area contributed by atoms with Gasteiger partial charge in [0.25, 0.3) is 5.91 Å². The van der Waals surface area contributed by atoms with E-state index in [1.165, 1.54) is 11.2 Å². The predicted molar refractivity (Wildman–Crippen MR) is 103 cm³/mol. The molecule has 1 aromatic carbocycles. The molecule has 0 bridgehead atoms. The molecule has 11 heteroatoms. The van der Waals surface area contributed by atoms with Gasteiger partial charge in [0, 0.05) is 30.3 Å². The number of benzene rings is 1. The molecule has 7 nitrogen and oxygen atoms in total. The molecule has 1 amide bonds. The van der Waals surface area contributed by atoms with Crippen molar-refractivity contribution in [2.45, 2.75) is 42.9 Å². The Labute approximate surface area is 177 Å². The first kappa shape index (κ1) is 21.7. The lowest BCUT2D eigenvalue weighted by Gasteiger charge is -2.24. The first-order valence-electron chi connectivity index (χ1n) is 9.61. The number of rotatable bonds is 5. The number of ether oxygens (including phenoxy) is 1. The molecule has 0 spiro atoms. The summed E-state index contributed by atoms with van der Waals surface area (Å²) >= 11 is 0. The summed E-state index contributed by atoms with van der Waals surface area (Å²) in [7, 11) is -3.68. The highest BCUT2D eigenvalue weighted by Crippen LogP contribution is 2.59. The molecule has 168 valence electrons. The number of hydrogen-bond donors (Lipinski definition) is 0. The molecule has 4 rings (SSSR count).